The lowest BCUT2D eigenvalue weighted by Gasteiger charge is -2.39. The average Bonchev–Trinajstić information content (AvgIpc) is 3.15. The minimum Gasteiger partial charge on any atom is -0.506 e. The van der Waals surface area contributed by atoms with Gasteiger partial charge in [0.2, 0.25) is 11.5 Å². The number of rotatable bonds is 12. The second kappa shape index (κ2) is 15.6. The second-order valence-corrected chi connectivity index (χ2v) is 13.4. The summed E-state index contributed by atoms with van der Waals surface area (Å²) in [5.41, 5.74) is 3.64. The van der Waals surface area contributed by atoms with Gasteiger partial charge in [0.1, 0.15) is 5.75 Å². The van der Waals surface area contributed by atoms with Gasteiger partial charge in [0.15, 0.2) is 0 Å². The summed E-state index contributed by atoms with van der Waals surface area (Å²) in [5.74, 6) is -1.15. The van der Waals surface area contributed by atoms with Gasteiger partial charge in [-0.05, 0) is 64.9 Å². The highest BCUT2D eigenvalue weighted by Crippen LogP contribution is 2.36. The standard InChI is InChI=1S/C41H42N4O7/c1-27(46)45(25-29-9-7-28(8-10-29)23-42-24-36(48)33-15-17-35(47)38-34(33)16-18-37(49)43-38)26-30-11-13-31(14-12-30)39(50)44-21-19-41(20-22-44,40(51)52)32-5-3-2-4-6-32/h2-18,36,42,47-48H,19-26H2,1H3,(H,43,49)(H,51,52)/t36-/m0/s1. The first kappa shape index (κ1) is 36.0. The average molecular weight is 703 g/mol. The van der Waals surface area contributed by atoms with Crippen LogP contribution in [0.5, 0.6) is 5.75 Å². The maximum Gasteiger partial charge on any atom is 0.314 e. The first-order valence-corrected chi connectivity index (χ1v) is 17.3. The number of fused-ring (bicyclic) bond motifs is 1. The van der Waals surface area contributed by atoms with Crippen molar-refractivity contribution in [1.82, 2.24) is 20.1 Å². The molecule has 0 saturated carbocycles. The maximum absolute atomic E-state index is 13.3. The van der Waals surface area contributed by atoms with E-state index in [1.807, 2.05) is 66.7 Å². The zero-order valence-corrected chi connectivity index (χ0v) is 28.9. The number of hydrogen-bond donors (Lipinski definition) is 5. The third kappa shape index (κ3) is 7.91. The number of hydrogen-bond acceptors (Lipinski definition) is 7. The molecule has 2 heterocycles. The summed E-state index contributed by atoms with van der Waals surface area (Å²) in [6.07, 6.45) is -0.185. The number of aromatic amines is 1. The molecule has 11 heteroatoms. The van der Waals surface area contributed by atoms with E-state index in [9.17, 15) is 34.5 Å². The van der Waals surface area contributed by atoms with Crippen LogP contribution in [0.4, 0.5) is 0 Å². The van der Waals surface area contributed by atoms with Crippen LogP contribution >= 0.6 is 0 Å². The number of aliphatic hydroxyl groups is 1. The molecule has 52 heavy (non-hydrogen) atoms. The number of aromatic hydroxyl groups is 1. The maximum atomic E-state index is 13.3. The number of aliphatic hydroxyl groups excluding tert-OH is 1. The zero-order valence-electron chi connectivity index (χ0n) is 28.9. The van der Waals surface area contributed by atoms with E-state index in [0.29, 0.717) is 62.1 Å². The van der Waals surface area contributed by atoms with Gasteiger partial charge >= 0.3 is 5.97 Å². The van der Waals surface area contributed by atoms with Crippen molar-refractivity contribution in [1.29, 1.82) is 0 Å². The van der Waals surface area contributed by atoms with Crippen molar-refractivity contribution in [3.05, 3.63) is 147 Å². The normalized spacial score (nSPS) is 14.5. The first-order chi connectivity index (χ1) is 25.0. The molecule has 4 aromatic carbocycles. The van der Waals surface area contributed by atoms with Crippen molar-refractivity contribution < 1.29 is 29.7 Å². The van der Waals surface area contributed by atoms with Gasteiger partial charge in [-0.15, -0.1) is 0 Å². The van der Waals surface area contributed by atoms with E-state index in [1.54, 1.807) is 34.1 Å². The molecule has 268 valence electrons. The Bertz CT molecular complexity index is 2110. The summed E-state index contributed by atoms with van der Waals surface area (Å²) in [4.78, 5) is 56.0. The van der Waals surface area contributed by atoms with Crippen molar-refractivity contribution in [2.75, 3.05) is 19.6 Å². The minimum absolute atomic E-state index is 0.0600. The van der Waals surface area contributed by atoms with Crippen LogP contribution in [0.3, 0.4) is 0 Å². The fourth-order valence-electron chi connectivity index (χ4n) is 6.90. The number of amides is 2. The Morgan fingerprint density at radius 3 is 2.08 bits per heavy atom. The van der Waals surface area contributed by atoms with Crippen molar-refractivity contribution in [3.63, 3.8) is 0 Å². The molecule has 1 aliphatic heterocycles. The van der Waals surface area contributed by atoms with Crippen LogP contribution in [-0.2, 0) is 34.6 Å². The number of nitrogens with one attached hydrogen (secondary N) is 2. The number of aromatic nitrogens is 1. The van der Waals surface area contributed by atoms with Crippen molar-refractivity contribution in [3.8, 4) is 5.75 Å². The van der Waals surface area contributed by atoms with E-state index in [2.05, 4.69) is 10.3 Å². The molecule has 1 aromatic heterocycles. The number of carbonyl (C=O) groups is 3. The highest BCUT2D eigenvalue weighted by molar-refractivity contribution is 5.94. The van der Waals surface area contributed by atoms with E-state index in [4.69, 9.17) is 0 Å². The number of carboxylic acids is 1. The molecule has 2 amide bonds. The van der Waals surface area contributed by atoms with Crippen LogP contribution in [0, 0.1) is 0 Å². The Labute approximate surface area is 301 Å². The molecular formula is C41H42N4O7. The number of carboxylic acid groups (broad SMARTS) is 1. The molecule has 5 aromatic rings. The van der Waals surface area contributed by atoms with Crippen LogP contribution in [0.2, 0.25) is 0 Å². The zero-order chi connectivity index (χ0) is 36.8. The molecule has 0 radical (unpaired) electrons. The van der Waals surface area contributed by atoms with E-state index >= 15 is 0 Å². The Hall–Kier alpha value is -5.78. The van der Waals surface area contributed by atoms with Gasteiger partial charge in [0.05, 0.1) is 17.0 Å². The highest BCUT2D eigenvalue weighted by Gasteiger charge is 2.44. The lowest BCUT2D eigenvalue weighted by Crippen LogP contribution is -2.49. The Morgan fingerprint density at radius 2 is 1.46 bits per heavy atom. The summed E-state index contributed by atoms with van der Waals surface area (Å²) >= 11 is 0. The van der Waals surface area contributed by atoms with Crippen molar-refractivity contribution >= 4 is 28.7 Å². The Balaban J connectivity index is 1.00. The number of nitrogens with zero attached hydrogens (tertiary/aromatic N) is 2. The summed E-state index contributed by atoms with van der Waals surface area (Å²) in [7, 11) is 0. The van der Waals surface area contributed by atoms with Gasteiger partial charge in [-0.25, -0.2) is 0 Å². The predicted molar refractivity (Wildman–Crippen MR) is 197 cm³/mol. The van der Waals surface area contributed by atoms with Crippen LogP contribution in [-0.4, -0.2) is 67.5 Å². The molecule has 0 bridgehead atoms. The monoisotopic (exact) mass is 702 g/mol. The smallest absolute Gasteiger partial charge is 0.314 e. The number of pyridine rings is 1. The van der Waals surface area contributed by atoms with Gasteiger partial charge in [0, 0.05) is 63.2 Å². The van der Waals surface area contributed by atoms with Crippen LogP contribution < -0.4 is 10.9 Å². The largest absolute Gasteiger partial charge is 0.506 e. The molecule has 1 saturated heterocycles. The number of carbonyl (C=O) groups excluding carboxylic acids is 2. The van der Waals surface area contributed by atoms with Gasteiger partial charge < -0.3 is 35.4 Å². The van der Waals surface area contributed by atoms with E-state index in [0.717, 1.165) is 22.3 Å². The van der Waals surface area contributed by atoms with Crippen LogP contribution in [0.15, 0.2) is 108 Å². The van der Waals surface area contributed by atoms with E-state index in [1.165, 1.54) is 19.1 Å². The second-order valence-electron chi connectivity index (χ2n) is 13.4. The third-order valence-electron chi connectivity index (χ3n) is 9.99. The Morgan fingerprint density at radius 1 is 0.846 bits per heavy atom. The summed E-state index contributed by atoms with van der Waals surface area (Å²) in [6.45, 7) is 3.73. The molecule has 0 spiro atoms. The first-order valence-electron chi connectivity index (χ1n) is 17.3. The molecule has 6 rings (SSSR count). The number of benzene rings is 4. The van der Waals surface area contributed by atoms with Gasteiger partial charge in [0.25, 0.3) is 5.91 Å². The van der Waals surface area contributed by atoms with Gasteiger partial charge in [-0.1, -0.05) is 72.8 Å². The molecule has 1 atom stereocenters. The van der Waals surface area contributed by atoms with Crippen molar-refractivity contribution in [2.45, 2.75) is 50.9 Å². The van der Waals surface area contributed by atoms with Gasteiger partial charge in [-0.2, -0.15) is 0 Å². The quantitative estimate of drug-likeness (QED) is 0.123. The molecular weight excluding hydrogens is 660 g/mol. The van der Waals surface area contributed by atoms with E-state index < -0.39 is 17.5 Å². The molecule has 1 aliphatic rings. The highest BCUT2D eigenvalue weighted by atomic mass is 16.4. The lowest BCUT2D eigenvalue weighted by atomic mass is 9.73. The number of aliphatic carboxylic acids is 1. The van der Waals surface area contributed by atoms with Gasteiger partial charge in [-0.3, -0.25) is 19.2 Å². The molecule has 11 nitrogen and oxygen atoms in total. The third-order valence-corrected chi connectivity index (χ3v) is 9.99. The summed E-state index contributed by atoms with van der Waals surface area (Å²) in [5, 5.41) is 34.9. The fourth-order valence-corrected chi connectivity index (χ4v) is 6.90. The molecule has 0 unspecified atom stereocenters. The van der Waals surface area contributed by atoms with E-state index in [-0.39, 0.29) is 35.2 Å². The van der Waals surface area contributed by atoms with Crippen LogP contribution in [0.25, 0.3) is 10.9 Å². The summed E-state index contributed by atoms with van der Waals surface area (Å²) < 4.78 is 0. The number of phenols is 1. The van der Waals surface area contributed by atoms with Crippen LogP contribution in [0.1, 0.15) is 64.0 Å². The predicted octanol–water partition coefficient (Wildman–Crippen LogP) is 4.86. The SMILES string of the molecule is CC(=O)N(Cc1ccc(CNC[C@H](O)c2ccc(O)c3[nH]c(=O)ccc23)cc1)Cc1ccc(C(=O)N2CCC(C(=O)O)(c3ccccc3)CC2)cc1. The lowest BCUT2D eigenvalue weighted by molar-refractivity contribution is -0.145. The molecule has 5 N–H and O–H groups in total. The molecule has 0 aliphatic carbocycles. The van der Waals surface area contributed by atoms with Crippen molar-refractivity contribution in [2.24, 2.45) is 0 Å². The number of H-pyrrole nitrogens is 1. The topological polar surface area (TPSA) is 163 Å². The fraction of sp³-hybridized carbons (Fsp3) is 0.268. The molecule has 1 fully saturated rings. The number of likely N-dealkylation sites (tertiary alicyclic amines) is 1. The number of piperidine rings is 1. The number of phenolic OH excluding ortho intramolecular Hbond substituents is 1. The summed E-state index contributed by atoms with van der Waals surface area (Å²) in [6, 6.07) is 30.3. The minimum atomic E-state index is -1.00. The Kier molecular flexibility index (Phi) is 10.8.